The van der Waals surface area contributed by atoms with Crippen molar-refractivity contribution in [3.05, 3.63) is 35.3 Å². The summed E-state index contributed by atoms with van der Waals surface area (Å²) in [5, 5.41) is 7.24. The molecule has 1 N–H and O–H groups in total. The average molecular weight is 215 g/mol. The zero-order valence-electron chi connectivity index (χ0n) is 10.2. The topological polar surface area (TPSA) is 41.6 Å². The minimum atomic E-state index is 0.470. The summed E-state index contributed by atoms with van der Waals surface area (Å²) in [6.45, 7) is 8.42. The zero-order chi connectivity index (χ0) is 11.7. The first-order valence-corrected chi connectivity index (χ1v) is 5.58. The van der Waals surface area contributed by atoms with Crippen LogP contribution in [0.3, 0.4) is 0 Å². The van der Waals surface area contributed by atoms with E-state index in [1.807, 2.05) is 26.1 Å². The second-order valence-corrected chi connectivity index (χ2v) is 4.40. The first-order chi connectivity index (χ1) is 7.61. The van der Waals surface area contributed by atoms with E-state index in [-0.39, 0.29) is 0 Å². The Morgan fingerprint density at radius 2 is 2.00 bits per heavy atom. The molecule has 3 nitrogen and oxygen atoms in total. The largest absolute Gasteiger partial charge is 0.282 e. The summed E-state index contributed by atoms with van der Waals surface area (Å²) >= 11 is 0. The molecule has 2 aromatic rings. The molecule has 3 heteroatoms. The SMILES string of the molecule is Cc1n[nH]c(C)c1-c1ncccc1C(C)C. The Labute approximate surface area is 95.9 Å². The average Bonchev–Trinajstić information content (AvgIpc) is 2.58. The highest BCUT2D eigenvalue weighted by molar-refractivity contribution is 5.68. The molecule has 0 atom stereocenters. The Bertz CT molecular complexity index is 478. The lowest BCUT2D eigenvalue weighted by Crippen LogP contribution is -1.96. The van der Waals surface area contributed by atoms with Crippen LogP contribution in [0.15, 0.2) is 18.3 Å². The lowest BCUT2D eigenvalue weighted by molar-refractivity contribution is 0.861. The summed E-state index contributed by atoms with van der Waals surface area (Å²) < 4.78 is 0. The molecule has 0 saturated carbocycles. The number of hydrogen-bond acceptors (Lipinski definition) is 2. The van der Waals surface area contributed by atoms with Gasteiger partial charge in [0.2, 0.25) is 0 Å². The van der Waals surface area contributed by atoms with Crippen LogP contribution in [0.4, 0.5) is 0 Å². The van der Waals surface area contributed by atoms with E-state index in [0.717, 1.165) is 22.6 Å². The van der Waals surface area contributed by atoms with E-state index in [4.69, 9.17) is 0 Å². The number of aromatic nitrogens is 3. The highest BCUT2D eigenvalue weighted by Gasteiger charge is 2.15. The molecule has 0 radical (unpaired) electrons. The number of nitrogens with zero attached hydrogens (tertiary/aromatic N) is 2. The van der Waals surface area contributed by atoms with E-state index >= 15 is 0 Å². The predicted molar refractivity (Wildman–Crippen MR) is 65.4 cm³/mol. The van der Waals surface area contributed by atoms with Crippen molar-refractivity contribution in [2.45, 2.75) is 33.6 Å². The van der Waals surface area contributed by atoms with Crippen molar-refractivity contribution < 1.29 is 0 Å². The van der Waals surface area contributed by atoms with Crippen LogP contribution in [-0.2, 0) is 0 Å². The zero-order valence-corrected chi connectivity index (χ0v) is 10.2. The van der Waals surface area contributed by atoms with Crippen molar-refractivity contribution in [1.82, 2.24) is 15.2 Å². The summed E-state index contributed by atoms with van der Waals surface area (Å²) in [4.78, 5) is 4.50. The van der Waals surface area contributed by atoms with Gasteiger partial charge in [-0.05, 0) is 31.4 Å². The van der Waals surface area contributed by atoms with Crippen LogP contribution in [0.25, 0.3) is 11.3 Å². The van der Waals surface area contributed by atoms with Gasteiger partial charge in [-0.25, -0.2) is 0 Å². The van der Waals surface area contributed by atoms with Crippen molar-refractivity contribution >= 4 is 0 Å². The van der Waals surface area contributed by atoms with E-state index in [2.05, 4.69) is 35.1 Å². The molecule has 2 rings (SSSR count). The Morgan fingerprint density at radius 1 is 1.25 bits per heavy atom. The van der Waals surface area contributed by atoms with Crippen LogP contribution in [0.2, 0.25) is 0 Å². The summed E-state index contributed by atoms with van der Waals surface area (Å²) in [7, 11) is 0. The normalized spacial score (nSPS) is 11.1. The van der Waals surface area contributed by atoms with Crippen molar-refractivity contribution in [3.63, 3.8) is 0 Å². The van der Waals surface area contributed by atoms with E-state index in [1.54, 1.807) is 0 Å². The minimum Gasteiger partial charge on any atom is -0.282 e. The van der Waals surface area contributed by atoms with Crippen molar-refractivity contribution in [3.8, 4) is 11.3 Å². The van der Waals surface area contributed by atoms with Crippen molar-refractivity contribution in [2.24, 2.45) is 0 Å². The van der Waals surface area contributed by atoms with Gasteiger partial charge >= 0.3 is 0 Å². The molecule has 0 aromatic carbocycles. The van der Waals surface area contributed by atoms with Gasteiger partial charge in [-0.2, -0.15) is 5.10 Å². The Hall–Kier alpha value is -1.64. The van der Waals surface area contributed by atoms with Gasteiger partial charge in [0.1, 0.15) is 0 Å². The van der Waals surface area contributed by atoms with E-state index in [1.165, 1.54) is 5.56 Å². The Morgan fingerprint density at radius 3 is 2.56 bits per heavy atom. The van der Waals surface area contributed by atoms with E-state index in [0.29, 0.717) is 5.92 Å². The van der Waals surface area contributed by atoms with Crippen molar-refractivity contribution in [2.75, 3.05) is 0 Å². The number of aryl methyl sites for hydroxylation is 2. The van der Waals surface area contributed by atoms with Crippen LogP contribution in [0.5, 0.6) is 0 Å². The Kier molecular flexibility index (Phi) is 2.77. The van der Waals surface area contributed by atoms with Gasteiger partial charge < -0.3 is 0 Å². The number of H-pyrrole nitrogens is 1. The summed E-state index contributed by atoms with van der Waals surface area (Å²) in [5.74, 6) is 0.470. The highest BCUT2D eigenvalue weighted by Crippen LogP contribution is 2.30. The summed E-state index contributed by atoms with van der Waals surface area (Å²) in [5.41, 5.74) is 5.57. The number of pyridine rings is 1. The molecule has 0 aliphatic carbocycles. The maximum Gasteiger partial charge on any atom is 0.0773 e. The first-order valence-electron chi connectivity index (χ1n) is 5.58. The van der Waals surface area contributed by atoms with Gasteiger partial charge in [-0.15, -0.1) is 0 Å². The number of rotatable bonds is 2. The molecule has 16 heavy (non-hydrogen) atoms. The van der Waals surface area contributed by atoms with Gasteiger partial charge in [0, 0.05) is 17.5 Å². The van der Waals surface area contributed by atoms with Crippen molar-refractivity contribution in [1.29, 1.82) is 0 Å². The van der Waals surface area contributed by atoms with Crippen LogP contribution < -0.4 is 0 Å². The van der Waals surface area contributed by atoms with Gasteiger partial charge in [0.15, 0.2) is 0 Å². The molecule has 0 spiro atoms. The molecule has 0 unspecified atom stereocenters. The van der Waals surface area contributed by atoms with E-state index in [9.17, 15) is 0 Å². The molecule has 0 amide bonds. The molecule has 0 fully saturated rings. The second-order valence-electron chi connectivity index (χ2n) is 4.40. The molecule has 0 aliphatic heterocycles. The summed E-state index contributed by atoms with van der Waals surface area (Å²) in [6.07, 6.45) is 1.84. The van der Waals surface area contributed by atoms with Crippen LogP contribution in [0, 0.1) is 13.8 Å². The molecule has 84 valence electrons. The molecule has 0 aliphatic rings. The van der Waals surface area contributed by atoms with Gasteiger partial charge in [0.25, 0.3) is 0 Å². The third-order valence-corrected chi connectivity index (χ3v) is 2.83. The number of nitrogens with one attached hydrogen (secondary N) is 1. The standard InChI is InChI=1S/C13H17N3/c1-8(2)11-6-5-7-14-13(11)12-9(3)15-16-10(12)4/h5-8H,1-4H3,(H,15,16). The lowest BCUT2D eigenvalue weighted by Gasteiger charge is -2.11. The lowest BCUT2D eigenvalue weighted by atomic mass is 9.96. The monoisotopic (exact) mass is 215 g/mol. The third-order valence-electron chi connectivity index (χ3n) is 2.83. The fourth-order valence-electron chi connectivity index (χ4n) is 1.99. The maximum atomic E-state index is 4.50. The van der Waals surface area contributed by atoms with Crippen LogP contribution in [0.1, 0.15) is 36.7 Å². The second kappa shape index (κ2) is 4.08. The van der Waals surface area contributed by atoms with Gasteiger partial charge in [0.05, 0.1) is 11.4 Å². The van der Waals surface area contributed by atoms with E-state index < -0.39 is 0 Å². The fourth-order valence-corrected chi connectivity index (χ4v) is 1.99. The molecule has 2 heterocycles. The van der Waals surface area contributed by atoms with Crippen LogP contribution in [-0.4, -0.2) is 15.2 Å². The molecular formula is C13H17N3. The fraction of sp³-hybridized carbons (Fsp3) is 0.385. The Balaban J connectivity index is 2.64. The molecule has 2 aromatic heterocycles. The molecular weight excluding hydrogens is 198 g/mol. The summed E-state index contributed by atoms with van der Waals surface area (Å²) in [6, 6.07) is 4.13. The smallest absolute Gasteiger partial charge is 0.0773 e. The maximum absolute atomic E-state index is 4.50. The third kappa shape index (κ3) is 1.73. The van der Waals surface area contributed by atoms with Gasteiger partial charge in [-0.3, -0.25) is 10.1 Å². The minimum absolute atomic E-state index is 0.470. The van der Waals surface area contributed by atoms with Gasteiger partial charge in [-0.1, -0.05) is 19.9 Å². The highest BCUT2D eigenvalue weighted by atomic mass is 15.1. The number of hydrogen-bond donors (Lipinski definition) is 1. The quantitative estimate of drug-likeness (QED) is 0.835. The predicted octanol–water partition coefficient (Wildman–Crippen LogP) is 3.21. The molecule has 0 saturated heterocycles. The van der Waals surface area contributed by atoms with Crippen LogP contribution >= 0.6 is 0 Å². The molecule has 0 bridgehead atoms. The first kappa shape index (κ1) is 10.9. The number of aromatic amines is 1.